The fourth-order valence-electron chi connectivity index (χ4n) is 8.78. The lowest BCUT2D eigenvalue weighted by molar-refractivity contribution is 0.693. The normalized spacial score (nSPS) is 15.3. The van der Waals surface area contributed by atoms with Gasteiger partial charge in [-0.05, 0) is 108 Å². The molecule has 2 aromatic heterocycles. The van der Waals surface area contributed by atoms with Crippen LogP contribution in [0.15, 0.2) is 176 Å². The molecular formula is C52H41N3. The number of nitrogens with zero attached hydrogens (tertiary/aromatic N) is 2. The number of fused-ring (bicyclic) bond motifs is 5. The van der Waals surface area contributed by atoms with Gasteiger partial charge in [0.25, 0.3) is 0 Å². The summed E-state index contributed by atoms with van der Waals surface area (Å²) < 4.78 is 4.87. The Morgan fingerprint density at radius 2 is 1.33 bits per heavy atom. The van der Waals surface area contributed by atoms with Crippen LogP contribution in [0.3, 0.4) is 0 Å². The van der Waals surface area contributed by atoms with Crippen molar-refractivity contribution in [3.63, 3.8) is 0 Å². The molecule has 55 heavy (non-hydrogen) atoms. The summed E-state index contributed by atoms with van der Waals surface area (Å²) in [5, 5.41) is 7.66. The van der Waals surface area contributed by atoms with Crippen molar-refractivity contribution >= 4 is 61.8 Å². The lowest BCUT2D eigenvalue weighted by atomic mass is 9.91. The van der Waals surface area contributed by atoms with Crippen LogP contribution in [0.25, 0.3) is 78.4 Å². The average Bonchev–Trinajstić information content (AvgIpc) is 3.75. The zero-order valence-corrected chi connectivity index (χ0v) is 30.9. The van der Waals surface area contributed by atoms with E-state index < -0.39 is 0 Å². The first-order valence-corrected chi connectivity index (χ1v) is 19.3. The topological polar surface area (TPSA) is 21.9 Å². The predicted octanol–water partition coefficient (Wildman–Crippen LogP) is 14.0. The van der Waals surface area contributed by atoms with E-state index in [9.17, 15) is 0 Å². The van der Waals surface area contributed by atoms with E-state index in [-0.39, 0.29) is 6.17 Å². The molecule has 264 valence electrons. The van der Waals surface area contributed by atoms with Crippen LogP contribution in [0.2, 0.25) is 0 Å². The molecule has 0 spiro atoms. The average molecular weight is 708 g/mol. The van der Waals surface area contributed by atoms with Gasteiger partial charge in [0.2, 0.25) is 0 Å². The van der Waals surface area contributed by atoms with E-state index in [2.05, 4.69) is 204 Å². The van der Waals surface area contributed by atoms with E-state index in [1.165, 1.54) is 77.4 Å². The highest BCUT2D eigenvalue weighted by Gasteiger charge is 2.26. The monoisotopic (exact) mass is 707 g/mol. The van der Waals surface area contributed by atoms with Gasteiger partial charge in [-0.15, -0.1) is 0 Å². The number of anilines is 1. The molecule has 1 unspecified atom stereocenters. The maximum atomic E-state index is 4.35. The van der Waals surface area contributed by atoms with Gasteiger partial charge >= 0.3 is 0 Å². The highest BCUT2D eigenvalue weighted by Crippen LogP contribution is 2.42. The van der Waals surface area contributed by atoms with Crippen molar-refractivity contribution < 1.29 is 0 Å². The summed E-state index contributed by atoms with van der Waals surface area (Å²) in [4.78, 5) is 0. The summed E-state index contributed by atoms with van der Waals surface area (Å²) in [6.45, 7) is 6.45. The van der Waals surface area contributed by atoms with Crippen LogP contribution >= 0.6 is 0 Å². The molecule has 0 radical (unpaired) electrons. The van der Waals surface area contributed by atoms with E-state index in [0.717, 1.165) is 29.7 Å². The van der Waals surface area contributed by atoms with Gasteiger partial charge < -0.3 is 14.5 Å². The van der Waals surface area contributed by atoms with Crippen molar-refractivity contribution in [1.82, 2.24) is 9.13 Å². The van der Waals surface area contributed by atoms with Gasteiger partial charge in [-0.3, -0.25) is 0 Å². The lowest BCUT2D eigenvalue weighted by Gasteiger charge is -2.29. The molecule has 2 aliphatic rings. The number of para-hydroxylation sites is 2. The van der Waals surface area contributed by atoms with Crippen molar-refractivity contribution in [3.05, 3.63) is 199 Å². The Kier molecular flexibility index (Phi) is 8.07. The maximum absolute atomic E-state index is 4.35. The largest absolute Gasteiger partial charge is 0.361 e. The van der Waals surface area contributed by atoms with Gasteiger partial charge in [0.15, 0.2) is 0 Å². The van der Waals surface area contributed by atoms with Gasteiger partial charge in [0.05, 0.1) is 22.2 Å². The second-order valence-corrected chi connectivity index (χ2v) is 14.5. The summed E-state index contributed by atoms with van der Waals surface area (Å²) in [6.07, 6.45) is 17.4. The molecule has 0 amide bonds. The minimum atomic E-state index is -0.134. The number of nitrogens with one attached hydrogen (secondary N) is 1. The van der Waals surface area contributed by atoms with Crippen molar-refractivity contribution in [1.29, 1.82) is 0 Å². The van der Waals surface area contributed by atoms with Crippen molar-refractivity contribution in [2.75, 3.05) is 5.32 Å². The first-order chi connectivity index (χ1) is 27.2. The lowest BCUT2D eigenvalue weighted by Crippen LogP contribution is -2.21. The Hall–Kier alpha value is -6.84. The summed E-state index contributed by atoms with van der Waals surface area (Å²) >= 11 is 0. The summed E-state index contributed by atoms with van der Waals surface area (Å²) in [5.41, 5.74) is 16.8. The molecule has 0 saturated carbocycles. The third-order valence-corrected chi connectivity index (χ3v) is 11.3. The molecule has 0 fully saturated rings. The maximum Gasteiger partial charge on any atom is 0.124 e. The minimum Gasteiger partial charge on any atom is -0.361 e. The SMILES string of the molecule is C=Cc1c(/C=C\C)c2cc(-c3ccc4c(c3)c3ccccc3n4C3=CC=CCC3)ccc2n1C1C=C(c2ccc(-c3ccccc3)cc2)c2ccccc2N1. The van der Waals surface area contributed by atoms with Crippen LogP contribution in [0, 0.1) is 0 Å². The zero-order chi connectivity index (χ0) is 36.9. The van der Waals surface area contributed by atoms with Crippen molar-refractivity contribution in [3.8, 4) is 22.3 Å². The Morgan fingerprint density at radius 1 is 0.655 bits per heavy atom. The smallest absolute Gasteiger partial charge is 0.124 e. The standard InChI is InChI=1S/C52H41N3/c1-3-15-42-45-32-39(38-28-30-50-46(33-38)43-21-12-14-23-49(43)54(50)40-18-9-6-10-19-40)29-31-51(45)55(48(42)4-2)52-34-44(41-20-11-13-22-47(41)53-52)37-26-24-36(25-27-37)35-16-7-5-8-17-35/h3-9,11-18,20-34,52-53H,2,10,19H2,1H3/b15-3-. The quantitative estimate of drug-likeness (QED) is 0.175. The molecule has 8 aromatic rings. The van der Waals surface area contributed by atoms with Gasteiger partial charge in [0.1, 0.15) is 6.17 Å². The van der Waals surface area contributed by atoms with Crippen molar-refractivity contribution in [2.45, 2.75) is 25.9 Å². The number of hydrogen-bond acceptors (Lipinski definition) is 1. The van der Waals surface area contributed by atoms with Crippen LogP contribution in [0.4, 0.5) is 5.69 Å². The predicted molar refractivity (Wildman–Crippen MR) is 236 cm³/mol. The number of hydrogen-bond donors (Lipinski definition) is 1. The summed E-state index contributed by atoms with van der Waals surface area (Å²) in [7, 11) is 0. The van der Waals surface area contributed by atoms with Crippen molar-refractivity contribution in [2.24, 2.45) is 0 Å². The van der Waals surface area contributed by atoms with Crippen LogP contribution in [-0.2, 0) is 0 Å². The fraction of sp³-hybridized carbons (Fsp3) is 0.0769. The Labute approximate surface area is 322 Å². The molecule has 1 aliphatic carbocycles. The first kappa shape index (κ1) is 32.8. The third-order valence-electron chi connectivity index (χ3n) is 11.3. The van der Waals surface area contributed by atoms with Gasteiger partial charge in [0, 0.05) is 38.7 Å². The van der Waals surface area contributed by atoms with E-state index in [1.54, 1.807) is 0 Å². The number of aromatic nitrogens is 2. The molecule has 3 heterocycles. The van der Waals surface area contributed by atoms with Crippen LogP contribution in [-0.4, -0.2) is 9.13 Å². The Balaban J connectivity index is 1.10. The fourth-order valence-corrected chi connectivity index (χ4v) is 8.78. The summed E-state index contributed by atoms with van der Waals surface area (Å²) in [6, 6.07) is 50.9. The van der Waals surface area contributed by atoms with Gasteiger partial charge in [-0.25, -0.2) is 0 Å². The number of rotatable bonds is 7. The molecule has 3 heteroatoms. The third kappa shape index (κ3) is 5.51. The summed E-state index contributed by atoms with van der Waals surface area (Å²) in [5.74, 6) is 0. The first-order valence-electron chi connectivity index (χ1n) is 19.3. The number of allylic oxidation sites excluding steroid dienone is 5. The molecule has 1 atom stereocenters. The van der Waals surface area contributed by atoms with E-state index >= 15 is 0 Å². The highest BCUT2D eigenvalue weighted by molar-refractivity contribution is 6.11. The molecule has 3 nitrogen and oxygen atoms in total. The van der Waals surface area contributed by atoms with Crippen LogP contribution < -0.4 is 5.32 Å². The Bertz CT molecular complexity index is 2910. The van der Waals surface area contributed by atoms with E-state index in [4.69, 9.17) is 0 Å². The van der Waals surface area contributed by atoms with Gasteiger partial charge in [-0.1, -0.05) is 134 Å². The van der Waals surface area contributed by atoms with Crippen LogP contribution in [0.1, 0.15) is 48.3 Å². The second kappa shape index (κ2) is 13.5. The molecule has 6 aromatic carbocycles. The molecule has 10 rings (SSSR count). The molecular weight excluding hydrogens is 667 g/mol. The van der Waals surface area contributed by atoms with Gasteiger partial charge in [-0.2, -0.15) is 0 Å². The molecule has 1 N–H and O–H groups in total. The number of benzene rings is 6. The second-order valence-electron chi connectivity index (χ2n) is 14.5. The Morgan fingerprint density at radius 3 is 2.11 bits per heavy atom. The van der Waals surface area contributed by atoms with Crippen LogP contribution in [0.5, 0.6) is 0 Å². The highest BCUT2D eigenvalue weighted by atomic mass is 15.2. The molecule has 0 saturated heterocycles. The molecule has 0 bridgehead atoms. The minimum absolute atomic E-state index is 0.134. The van der Waals surface area contributed by atoms with E-state index in [0.29, 0.717) is 0 Å². The molecule has 1 aliphatic heterocycles. The zero-order valence-electron chi connectivity index (χ0n) is 30.9. The van der Waals surface area contributed by atoms with E-state index in [1.807, 2.05) is 6.08 Å².